The van der Waals surface area contributed by atoms with Crippen LogP contribution in [0.5, 0.6) is 0 Å². The average molecular weight is 331 g/mol. The van der Waals surface area contributed by atoms with Crippen molar-refractivity contribution in [2.75, 3.05) is 18.0 Å². The van der Waals surface area contributed by atoms with Gasteiger partial charge in [-0.15, -0.1) is 0 Å². The Morgan fingerprint density at radius 3 is 2.52 bits per heavy atom. The van der Waals surface area contributed by atoms with Crippen LogP contribution in [0.15, 0.2) is 18.2 Å². The van der Waals surface area contributed by atoms with Gasteiger partial charge in [0.05, 0.1) is 10.0 Å². The van der Waals surface area contributed by atoms with Crippen molar-refractivity contribution in [1.82, 2.24) is 5.32 Å². The maximum atomic E-state index is 11.7. The van der Waals surface area contributed by atoms with Gasteiger partial charge in [0, 0.05) is 32.1 Å². The van der Waals surface area contributed by atoms with Crippen LogP contribution in [-0.2, 0) is 9.59 Å². The van der Waals surface area contributed by atoms with E-state index in [1.807, 2.05) is 6.92 Å². The van der Waals surface area contributed by atoms with Gasteiger partial charge in [0.25, 0.3) is 0 Å². The van der Waals surface area contributed by atoms with Crippen LogP contribution in [0, 0.1) is 0 Å². The van der Waals surface area contributed by atoms with E-state index in [2.05, 4.69) is 5.32 Å². The van der Waals surface area contributed by atoms with Crippen molar-refractivity contribution in [3.63, 3.8) is 0 Å². The third kappa shape index (κ3) is 5.94. The first-order valence-corrected chi connectivity index (χ1v) is 7.71. The fraction of sp³-hybridized carbons (Fsp3) is 0.467. The van der Waals surface area contributed by atoms with Gasteiger partial charge in [0.2, 0.25) is 11.8 Å². The molecule has 1 rings (SSSR count). The molecule has 0 aromatic heterocycles. The van der Waals surface area contributed by atoms with Gasteiger partial charge in [-0.2, -0.15) is 0 Å². The SMILES string of the molecule is CCCCC(=O)NCCN(C(C)=O)c1ccc(Cl)c(Cl)c1. The minimum atomic E-state index is -0.115. The molecule has 21 heavy (non-hydrogen) atoms. The molecule has 0 unspecified atom stereocenters. The van der Waals surface area contributed by atoms with Gasteiger partial charge in [-0.25, -0.2) is 0 Å². The molecule has 0 aliphatic heterocycles. The summed E-state index contributed by atoms with van der Waals surface area (Å²) < 4.78 is 0. The topological polar surface area (TPSA) is 49.4 Å². The summed E-state index contributed by atoms with van der Waals surface area (Å²) >= 11 is 11.8. The van der Waals surface area contributed by atoms with Crippen molar-refractivity contribution >= 4 is 40.7 Å². The van der Waals surface area contributed by atoms with E-state index in [1.165, 1.54) is 6.92 Å². The Balaban J connectivity index is 2.60. The molecule has 6 heteroatoms. The van der Waals surface area contributed by atoms with Crippen molar-refractivity contribution in [2.24, 2.45) is 0 Å². The summed E-state index contributed by atoms with van der Waals surface area (Å²) in [5.41, 5.74) is 0.666. The second-order valence-corrected chi connectivity index (χ2v) is 5.54. The molecule has 0 aliphatic rings. The summed E-state index contributed by atoms with van der Waals surface area (Å²) in [6, 6.07) is 5.02. The molecule has 116 valence electrons. The first kappa shape index (κ1) is 17.8. The summed E-state index contributed by atoms with van der Waals surface area (Å²) in [6.45, 7) is 4.31. The van der Waals surface area contributed by atoms with Crippen LogP contribution in [0.1, 0.15) is 33.1 Å². The molecule has 0 atom stereocenters. The lowest BCUT2D eigenvalue weighted by atomic mass is 10.2. The molecule has 4 nitrogen and oxygen atoms in total. The van der Waals surface area contributed by atoms with Crippen LogP contribution >= 0.6 is 23.2 Å². The predicted octanol–water partition coefficient (Wildman–Crippen LogP) is 3.65. The summed E-state index contributed by atoms with van der Waals surface area (Å²) in [5, 5.41) is 3.64. The Bertz CT molecular complexity index is 506. The van der Waals surface area contributed by atoms with Crippen LogP contribution in [0.4, 0.5) is 5.69 Å². The number of carbonyl (C=O) groups is 2. The molecule has 0 fully saturated rings. The molecule has 1 aromatic rings. The lowest BCUT2D eigenvalue weighted by molar-refractivity contribution is -0.121. The van der Waals surface area contributed by atoms with Gasteiger partial charge in [-0.1, -0.05) is 36.5 Å². The predicted molar refractivity (Wildman–Crippen MR) is 87.0 cm³/mol. The lowest BCUT2D eigenvalue weighted by Crippen LogP contribution is -2.37. The minimum absolute atomic E-state index is 0.00879. The highest BCUT2D eigenvalue weighted by molar-refractivity contribution is 6.42. The zero-order chi connectivity index (χ0) is 15.8. The molecule has 1 N–H and O–H groups in total. The molecule has 0 saturated heterocycles. The van der Waals surface area contributed by atoms with E-state index in [9.17, 15) is 9.59 Å². The highest BCUT2D eigenvalue weighted by Gasteiger charge is 2.13. The summed E-state index contributed by atoms with van der Waals surface area (Å²) in [7, 11) is 0. The number of rotatable bonds is 7. The highest BCUT2D eigenvalue weighted by atomic mass is 35.5. The van der Waals surface area contributed by atoms with Crippen LogP contribution < -0.4 is 10.2 Å². The molecule has 0 spiro atoms. The van der Waals surface area contributed by atoms with Gasteiger partial charge in [0.15, 0.2) is 0 Å². The standard InChI is InChI=1S/C15H20Cl2N2O2/c1-3-4-5-15(21)18-8-9-19(11(2)20)12-6-7-13(16)14(17)10-12/h6-7,10H,3-5,8-9H2,1-2H3,(H,18,21). The molecular weight excluding hydrogens is 311 g/mol. The second-order valence-electron chi connectivity index (χ2n) is 4.72. The Morgan fingerprint density at radius 1 is 1.24 bits per heavy atom. The van der Waals surface area contributed by atoms with E-state index in [1.54, 1.807) is 23.1 Å². The largest absolute Gasteiger partial charge is 0.354 e. The summed E-state index contributed by atoms with van der Waals surface area (Å²) in [5.74, 6) is -0.106. The number of unbranched alkanes of at least 4 members (excludes halogenated alkanes) is 1. The number of hydrogen-bond acceptors (Lipinski definition) is 2. The van der Waals surface area contributed by atoms with E-state index in [-0.39, 0.29) is 11.8 Å². The van der Waals surface area contributed by atoms with E-state index < -0.39 is 0 Å². The summed E-state index contributed by atoms with van der Waals surface area (Å²) in [6.07, 6.45) is 2.37. The molecule has 0 aliphatic carbocycles. The third-order valence-electron chi connectivity index (χ3n) is 3.01. The second kappa shape index (κ2) is 8.90. The smallest absolute Gasteiger partial charge is 0.223 e. The molecule has 0 bridgehead atoms. The number of hydrogen-bond donors (Lipinski definition) is 1. The maximum absolute atomic E-state index is 11.7. The number of nitrogens with one attached hydrogen (secondary N) is 1. The van der Waals surface area contributed by atoms with Crippen molar-refractivity contribution in [1.29, 1.82) is 0 Å². The summed E-state index contributed by atoms with van der Waals surface area (Å²) in [4.78, 5) is 24.8. The molecular formula is C15H20Cl2N2O2. The number of anilines is 1. The van der Waals surface area contributed by atoms with Crippen molar-refractivity contribution in [2.45, 2.75) is 33.1 Å². The minimum Gasteiger partial charge on any atom is -0.354 e. The van der Waals surface area contributed by atoms with Crippen LogP contribution in [0.3, 0.4) is 0 Å². The fourth-order valence-corrected chi connectivity index (χ4v) is 2.15. The van der Waals surface area contributed by atoms with Crippen molar-refractivity contribution < 1.29 is 9.59 Å². The number of amides is 2. The molecule has 2 amide bonds. The quantitative estimate of drug-likeness (QED) is 0.829. The van der Waals surface area contributed by atoms with Crippen molar-refractivity contribution in [3.05, 3.63) is 28.2 Å². The molecule has 1 aromatic carbocycles. The van der Waals surface area contributed by atoms with Gasteiger partial charge in [0.1, 0.15) is 0 Å². The number of nitrogens with zero attached hydrogens (tertiary/aromatic N) is 1. The van der Waals surface area contributed by atoms with Crippen molar-refractivity contribution in [3.8, 4) is 0 Å². The normalized spacial score (nSPS) is 10.3. The average Bonchev–Trinajstić information content (AvgIpc) is 2.44. The fourth-order valence-electron chi connectivity index (χ4n) is 1.85. The third-order valence-corrected chi connectivity index (χ3v) is 3.75. The van der Waals surface area contributed by atoms with Crippen LogP contribution in [-0.4, -0.2) is 24.9 Å². The number of benzene rings is 1. The lowest BCUT2D eigenvalue weighted by Gasteiger charge is -2.22. The Labute approximate surface area is 135 Å². The Kier molecular flexibility index (Phi) is 7.54. The van der Waals surface area contributed by atoms with Gasteiger partial charge < -0.3 is 10.2 Å². The van der Waals surface area contributed by atoms with E-state index in [4.69, 9.17) is 23.2 Å². The highest BCUT2D eigenvalue weighted by Crippen LogP contribution is 2.27. The first-order chi connectivity index (χ1) is 9.95. The van der Waals surface area contributed by atoms with Gasteiger partial charge >= 0.3 is 0 Å². The maximum Gasteiger partial charge on any atom is 0.223 e. The number of carbonyl (C=O) groups excluding carboxylic acids is 2. The Hall–Kier alpha value is -1.26. The number of halogens is 2. The monoisotopic (exact) mass is 330 g/mol. The molecule has 0 saturated carbocycles. The first-order valence-electron chi connectivity index (χ1n) is 6.95. The van der Waals surface area contributed by atoms with E-state index in [0.29, 0.717) is 35.2 Å². The van der Waals surface area contributed by atoms with Crippen LogP contribution in [0.2, 0.25) is 10.0 Å². The van der Waals surface area contributed by atoms with E-state index >= 15 is 0 Å². The molecule has 0 heterocycles. The zero-order valence-electron chi connectivity index (χ0n) is 12.3. The van der Waals surface area contributed by atoms with Gasteiger partial charge in [-0.3, -0.25) is 9.59 Å². The Morgan fingerprint density at radius 2 is 1.95 bits per heavy atom. The van der Waals surface area contributed by atoms with Gasteiger partial charge in [-0.05, 0) is 24.6 Å². The zero-order valence-corrected chi connectivity index (χ0v) is 13.8. The van der Waals surface area contributed by atoms with E-state index in [0.717, 1.165) is 12.8 Å². The molecule has 0 radical (unpaired) electrons. The van der Waals surface area contributed by atoms with Crippen LogP contribution in [0.25, 0.3) is 0 Å².